The summed E-state index contributed by atoms with van der Waals surface area (Å²) in [5.74, 6) is 1.44. The van der Waals surface area contributed by atoms with Gasteiger partial charge in [-0.3, -0.25) is 0 Å². The van der Waals surface area contributed by atoms with Crippen LogP contribution < -0.4 is 4.74 Å². The highest BCUT2D eigenvalue weighted by atomic mass is 35.5. The van der Waals surface area contributed by atoms with Crippen LogP contribution in [-0.2, 0) is 6.42 Å². The maximum atomic E-state index is 5.81. The van der Waals surface area contributed by atoms with E-state index in [1.165, 1.54) is 17.2 Å². The lowest BCUT2D eigenvalue weighted by Gasteiger charge is -2.08. The molecule has 0 aliphatic rings. The van der Waals surface area contributed by atoms with Crippen LogP contribution in [0.25, 0.3) is 0 Å². The quantitative estimate of drug-likeness (QED) is 0.799. The number of nitrogens with zero attached hydrogens (tertiary/aromatic N) is 2. The molecule has 1 aromatic carbocycles. The molecule has 0 N–H and O–H groups in total. The van der Waals surface area contributed by atoms with Crippen molar-refractivity contribution in [3.05, 3.63) is 51.5 Å². The Morgan fingerprint density at radius 3 is 2.11 bits per heavy atom. The van der Waals surface area contributed by atoms with Crippen LogP contribution in [0.4, 0.5) is 0 Å². The van der Waals surface area contributed by atoms with E-state index in [4.69, 9.17) is 27.9 Å². The topological polar surface area (TPSA) is 35.0 Å². The normalized spacial score (nSPS) is 10.5. The third-order valence-corrected chi connectivity index (χ3v) is 2.89. The van der Waals surface area contributed by atoms with Crippen molar-refractivity contribution in [2.24, 2.45) is 0 Å². The summed E-state index contributed by atoms with van der Waals surface area (Å²) in [4.78, 5) is 8.18. The largest absolute Gasteiger partial charge is 0.493 e. The molecule has 0 amide bonds. The zero-order valence-corrected chi connectivity index (χ0v) is 12.3. The molecule has 0 aliphatic carbocycles. The number of aryl methyl sites for hydroxylation is 2. The van der Waals surface area contributed by atoms with E-state index in [0.717, 1.165) is 5.75 Å². The second-order valence-corrected chi connectivity index (χ2v) is 5.13. The Hall–Kier alpha value is -1.32. The van der Waals surface area contributed by atoms with E-state index >= 15 is 0 Å². The second kappa shape index (κ2) is 6.22. The fourth-order valence-corrected chi connectivity index (χ4v) is 2.28. The highest BCUT2D eigenvalue weighted by Gasteiger charge is 2.03. The number of halogens is 2. The Bertz CT molecular complexity index is 496. The Balaban J connectivity index is 1.96. The molecule has 0 unspecified atom stereocenters. The zero-order valence-electron chi connectivity index (χ0n) is 10.8. The molecular weight excluding hydrogens is 283 g/mol. The van der Waals surface area contributed by atoms with Gasteiger partial charge in [-0.25, -0.2) is 9.97 Å². The summed E-state index contributed by atoms with van der Waals surface area (Å²) in [6.45, 7) is 4.57. The molecule has 100 valence electrons. The van der Waals surface area contributed by atoms with Gasteiger partial charge in [-0.1, -0.05) is 29.3 Å². The molecule has 0 radical (unpaired) electrons. The Kier molecular flexibility index (Phi) is 4.61. The molecule has 2 rings (SSSR count). The van der Waals surface area contributed by atoms with Crippen LogP contribution in [0.1, 0.15) is 17.0 Å². The molecule has 0 saturated heterocycles. The first kappa shape index (κ1) is 14.1. The number of hydrogen-bond acceptors (Lipinski definition) is 3. The third kappa shape index (κ3) is 4.37. The molecule has 5 heteroatoms. The number of benzene rings is 1. The van der Waals surface area contributed by atoms with Crippen LogP contribution in [-0.4, -0.2) is 16.6 Å². The van der Waals surface area contributed by atoms with Crippen molar-refractivity contribution in [3.63, 3.8) is 0 Å². The van der Waals surface area contributed by atoms with Crippen LogP contribution >= 0.6 is 23.2 Å². The third-order valence-electron chi connectivity index (χ3n) is 2.50. The first-order chi connectivity index (χ1) is 9.02. The lowest BCUT2D eigenvalue weighted by atomic mass is 10.1. The molecule has 0 spiro atoms. The predicted molar refractivity (Wildman–Crippen MR) is 77.2 cm³/mol. The van der Waals surface area contributed by atoms with Gasteiger partial charge in [0.2, 0.25) is 0 Å². The van der Waals surface area contributed by atoms with Gasteiger partial charge in [0.25, 0.3) is 0 Å². The fraction of sp³-hybridized carbons (Fsp3) is 0.286. The smallest absolute Gasteiger partial charge is 0.135 e. The molecule has 0 saturated carbocycles. The summed E-state index contributed by atoms with van der Waals surface area (Å²) in [6.07, 6.45) is 0.563. The van der Waals surface area contributed by atoms with Crippen LogP contribution in [0.15, 0.2) is 24.3 Å². The molecule has 0 fully saturated rings. The highest BCUT2D eigenvalue weighted by Crippen LogP contribution is 2.17. The summed E-state index contributed by atoms with van der Waals surface area (Å²) in [6, 6.07) is 7.61. The van der Waals surface area contributed by atoms with E-state index in [1.54, 1.807) is 0 Å². The molecule has 3 nitrogen and oxygen atoms in total. The lowest BCUT2D eigenvalue weighted by Crippen LogP contribution is -2.05. The van der Waals surface area contributed by atoms with Crippen molar-refractivity contribution in [1.82, 2.24) is 9.97 Å². The summed E-state index contributed by atoms with van der Waals surface area (Å²) in [5, 5.41) is 0.697. The average Bonchev–Trinajstić information content (AvgIpc) is 2.26. The molecule has 2 aromatic rings. The van der Waals surface area contributed by atoms with E-state index in [9.17, 15) is 0 Å². The maximum absolute atomic E-state index is 5.81. The monoisotopic (exact) mass is 296 g/mol. The standard InChI is InChI=1S/C14H14Cl2N2O/c1-9-5-10(2)7-11(6-9)19-4-3-14-17-12(15)8-13(16)18-14/h5-8H,3-4H2,1-2H3. The minimum Gasteiger partial charge on any atom is -0.493 e. The van der Waals surface area contributed by atoms with Crippen LogP contribution in [0.2, 0.25) is 10.3 Å². The van der Waals surface area contributed by atoms with E-state index in [1.807, 2.05) is 26.0 Å². The van der Waals surface area contributed by atoms with Gasteiger partial charge >= 0.3 is 0 Å². The van der Waals surface area contributed by atoms with E-state index in [-0.39, 0.29) is 0 Å². The Morgan fingerprint density at radius 2 is 1.53 bits per heavy atom. The Labute approximate surface area is 122 Å². The minimum absolute atomic E-state index is 0.349. The first-order valence-electron chi connectivity index (χ1n) is 5.93. The van der Waals surface area contributed by atoms with Crippen molar-refractivity contribution in [3.8, 4) is 5.75 Å². The van der Waals surface area contributed by atoms with Crippen LogP contribution in [0, 0.1) is 13.8 Å². The predicted octanol–water partition coefficient (Wildman–Crippen LogP) is 4.02. The summed E-state index contributed by atoms with van der Waals surface area (Å²) in [7, 11) is 0. The van der Waals surface area contributed by atoms with E-state index in [0.29, 0.717) is 29.2 Å². The molecule has 1 heterocycles. The SMILES string of the molecule is Cc1cc(C)cc(OCCc2nc(Cl)cc(Cl)n2)c1. The van der Waals surface area contributed by atoms with Gasteiger partial charge in [0.1, 0.15) is 21.9 Å². The van der Waals surface area contributed by atoms with Gasteiger partial charge in [-0.05, 0) is 37.1 Å². The first-order valence-corrected chi connectivity index (χ1v) is 6.68. The summed E-state index contributed by atoms with van der Waals surface area (Å²) >= 11 is 11.6. The summed E-state index contributed by atoms with van der Waals surface area (Å²) in [5.41, 5.74) is 2.36. The van der Waals surface area contributed by atoms with E-state index < -0.39 is 0 Å². The zero-order chi connectivity index (χ0) is 13.8. The van der Waals surface area contributed by atoms with Crippen LogP contribution in [0.3, 0.4) is 0 Å². The molecule has 1 aromatic heterocycles. The van der Waals surface area contributed by atoms with Gasteiger partial charge in [-0.2, -0.15) is 0 Å². The average molecular weight is 297 g/mol. The fourth-order valence-electron chi connectivity index (χ4n) is 1.82. The lowest BCUT2D eigenvalue weighted by molar-refractivity contribution is 0.318. The maximum Gasteiger partial charge on any atom is 0.135 e. The number of hydrogen-bond donors (Lipinski definition) is 0. The molecular formula is C14H14Cl2N2O. The number of aromatic nitrogens is 2. The molecule has 0 atom stereocenters. The summed E-state index contributed by atoms with van der Waals surface area (Å²) < 4.78 is 5.69. The minimum atomic E-state index is 0.349. The number of rotatable bonds is 4. The van der Waals surface area contributed by atoms with Crippen molar-refractivity contribution in [2.45, 2.75) is 20.3 Å². The highest BCUT2D eigenvalue weighted by molar-refractivity contribution is 6.33. The van der Waals surface area contributed by atoms with Crippen molar-refractivity contribution in [1.29, 1.82) is 0 Å². The van der Waals surface area contributed by atoms with Gasteiger partial charge in [0, 0.05) is 12.5 Å². The van der Waals surface area contributed by atoms with Crippen LogP contribution in [0.5, 0.6) is 5.75 Å². The van der Waals surface area contributed by atoms with Crippen molar-refractivity contribution in [2.75, 3.05) is 6.61 Å². The van der Waals surface area contributed by atoms with Crippen molar-refractivity contribution < 1.29 is 4.74 Å². The van der Waals surface area contributed by atoms with Crippen molar-refractivity contribution >= 4 is 23.2 Å². The molecule has 0 aliphatic heterocycles. The van der Waals surface area contributed by atoms with E-state index in [2.05, 4.69) is 16.0 Å². The molecule has 0 bridgehead atoms. The number of ether oxygens (including phenoxy) is 1. The second-order valence-electron chi connectivity index (χ2n) is 4.35. The van der Waals surface area contributed by atoms with Gasteiger partial charge < -0.3 is 4.74 Å². The van der Waals surface area contributed by atoms with Gasteiger partial charge in [0.05, 0.1) is 6.61 Å². The van der Waals surface area contributed by atoms with Gasteiger partial charge in [0.15, 0.2) is 0 Å². The van der Waals surface area contributed by atoms with Gasteiger partial charge in [-0.15, -0.1) is 0 Å². The molecule has 19 heavy (non-hydrogen) atoms. The Morgan fingerprint density at radius 1 is 0.947 bits per heavy atom.